The zero-order valence-electron chi connectivity index (χ0n) is 17.7. The molecule has 0 spiro atoms. The summed E-state index contributed by atoms with van der Waals surface area (Å²) in [6.07, 6.45) is -0.650. The van der Waals surface area contributed by atoms with Crippen molar-refractivity contribution in [2.45, 2.75) is 57.5 Å². The van der Waals surface area contributed by atoms with Crippen LogP contribution in [0.1, 0.15) is 26.3 Å². The Labute approximate surface area is 182 Å². The van der Waals surface area contributed by atoms with Crippen LogP contribution in [0.5, 0.6) is 5.88 Å². The molecule has 1 aliphatic rings. The number of carbonyl (C=O) groups excluding carboxylic acids is 3. The van der Waals surface area contributed by atoms with E-state index < -0.39 is 42.5 Å². The third kappa shape index (κ3) is 5.25. The van der Waals surface area contributed by atoms with Crippen LogP contribution < -0.4 is 4.74 Å². The maximum Gasteiger partial charge on any atom is 0.303 e. The van der Waals surface area contributed by atoms with Gasteiger partial charge in [-0.1, -0.05) is 11.8 Å². The predicted octanol–water partition coefficient (Wildman–Crippen LogP) is 1.52. The average molecular weight is 453 g/mol. The molecule has 0 unspecified atom stereocenters. The van der Waals surface area contributed by atoms with E-state index in [9.17, 15) is 14.4 Å². The molecule has 0 radical (unpaired) electrons. The molecule has 0 bridgehead atoms. The van der Waals surface area contributed by atoms with E-state index in [1.54, 1.807) is 6.20 Å². The molecule has 0 amide bonds. The molecule has 31 heavy (non-hydrogen) atoms. The lowest BCUT2D eigenvalue weighted by Crippen LogP contribution is -2.42. The summed E-state index contributed by atoms with van der Waals surface area (Å²) < 4.78 is 27.6. The second kappa shape index (κ2) is 9.52. The minimum atomic E-state index is -1.17. The van der Waals surface area contributed by atoms with Crippen LogP contribution in [0.25, 0.3) is 11.0 Å². The van der Waals surface area contributed by atoms with Crippen LogP contribution in [-0.2, 0) is 33.3 Å². The number of nitrogens with one attached hydrogen (secondary N) is 1. The highest BCUT2D eigenvalue weighted by molar-refractivity contribution is 7.98. The lowest BCUT2D eigenvalue weighted by molar-refractivity contribution is -0.171. The van der Waals surface area contributed by atoms with Gasteiger partial charge in [0.1, 0.15) is 18.4 Å². The molecule has 2 aromatic rings. The standard InChI is InChI=1S/C19H23N3O8S/c1-8-6-20-16-13(8)17(22-19(21-16)31-5)30-18-15(28-11(4)25)14(27-10(3)24)12(29-18)7-26-9(2)23/h6,12,14-15,18H,7H2,1-5H3,(H,20,21,22)/t12-,14-,15-,18+/m1/s1. The van der Waals surface area contributed by atoms with Gasteiger partial charge in [-0.2, -0.15) is 4.98 Å². The van der Waals surface area contributed by atoms with E-state index in [-0.39, 0.29) is 12.5 Å². The molecule has 0 saturated carbocycles. The Hall–Kier alpha value is -2.86. The van der Waals surface area contributed by atoms with Crippen LogP contribution in [-0.4, -0.2) is 70.3 Å². The Morgan fingerprint density at radius 2 is 1.77 bits per heavy atom. The van der Waals surface area contributed by atoms with Crippen LogP contribution >= 0.6 is 11.8 Å². The zero-order chi connectivity index (χ0) is 22.7. The summed E-state index contributed by atoms with van der Waals surface area (Å²) in [6, 6.07) is 0. The Balaban J connectivity index is 1.96. The van der Waals surface area contributed by atoms with E-state index in [0.717, 1.165) is 5.56 Å². The summed E-state index contributed by atoms with van der Waals surface area (Å²) in [4.78, 5) is 46.5. The van der Waals surface area contributed by atoms with Crippen molar-refractivity contribution in [1.29, 1.82) is 0 Å². The minimum absolute atomic E-state index is 0.213. The first kappa shape index (κ1) is 22.8. The minimum Gasteiger partial charge on any atom is -0.463 e. The van der Waals surface area contributed by atoms with Gasteiger partial charge in [-0.25, -0.2) is 4.98 Å². The van der Waals surface area contributed by atoms with Gasteiger partial charge in [-0.15, -0.1) is 0 Å². The van der Waals surface area contributed by atoms with Gasteiger partial charge in [0, 0.05) is 27.0 Å². The highest BCUT2D eigenvalue weighted by atomic mass is 32.2. The van der Waals surface area contributed by atoms with Crippen molar-refractivity contribution in [2.75, 3.05) is 12.9 Å². The summed E-state index contributed by atoms with van der Waals surface area (Å²) in [5, 5.41) is 1.09. The van der Waals surface area contributed by atoms with E-state index in [0.29, 0.717) is 16.2 Å². The maximum atomic E-state index is 11.7. The number of aromatic nitrogens is 3. The highest BCUT2D eigenvalue weighted by Gasteiger charge is 2.51. The first-order valence-electron chi connectivity index (χ1n) is 9.39. The number of esters is 3. The summed E-state index contributed by atoms with van der Waals surface area (Å²) in [5.41, 5.74) is 1.41. The largest absolute Gasteiger partial charge is 0.463 e. The Morgan fingerprint density at radius 1 is 1.10 bits per heavy atom. The third-order valence-electron chi connectivity index (χ3n) is 4.41. The van der Waals surface area contributed by atoms with Crippen LogP contribution in [0.15, 0.2) is 11.4 Å². The number of nitrogens with zero attached hydrogens (tertiary/aromatic N) is 2. The van der Waals surface area contributed by atoms with Crippen molar-refractivity contribution < 1.29 is 38.1 Å². The van der Waals surface area contributed by atoms with E-state index in [1.807, 2.05) is 13.2 Å². The summed E-state index contributed by atoms with van der Waals surface area (Å²) in [6.45, 7) is 5.31. The number of H-pyrrole nitrogens is 1. The molecule has 12 heteroatoms. The van der Waals surface area contributed by atoms with E-state index in [2.05, 4.69) is 15.0 Å². The number of ether oxygens (including phenoxy) is 5. The SMILES string of the molecule is CSc1nc(O[C@@H]2O[C@H](COC(C)=O)[C@@H](OC(C)=O)[C@H]2OC(C)=O)c2c(C)c[nH]c2n1. The fourth-order valence-electron chi connectivity index (χ4n) is 3.19. The molecule has 11 nitrogen and oxygen atoms in total. The molecule has 1 N–H and O–H groups in total. The summed E-state index contributed by atoms with van der Waals surface area (Å²) >= 11 is 1.32. The fraction of sp³-hybridized carbons (Fsp3) is 0.526. The maximum absolute atomic E-state index is 11.7. The van der Waals surface area contributed by atoms with Gasteiger partial charge in [0.2, 0.25) is 18.3 Å². The van der Waals surface area contributed by atoms with E-state index >= 15 is 0 Å². The molecular weight excluding hydrogens is 430 g/mol. The predicted molar refractivity (Wildman–Crippen MR) is 107 cm³/mol. The lowest BCUT2D eigenvalue weighted by atomic mass is 10.1. The topological polar surface area (TPSA) is 139 Å². The van der Waals surface area contributed by atoms with Gasteiger partial charge < -0.3 is 28.7 Å². The quantitative estimate of drug-likeness (QED) is 0.282. The third-order valence-corrected chi connectivity index (χ3v) is 4.96. The van der Waals surface area contributed by atoms with Crippen LogP contribution in [0.4, 0.5) is 0 Å². The van der Waals surface area contributed by atoms with E-state index in [4.69, 9.17) is 23.7 Å². The molecule has 0 aliphatic carbocycles. The van der Waals surface area contributed by atoms with E-state index in [1.165, 1.54) is 32.5 Å². The number of thioether (sulfide) groups is 1. The number of aromatic amines is 1. The molecule has 4 atom stereocenters. The summed E-state index contributed by atoms with van der Waals surface area (Å²) in [5.74, 6) is -1.56. The summed E-state index contributed by atoms with van der Waals surface area (Å²) in [7, 11) is 0. The molecule has 1 fully saturated rings. The molecule has 1 aliphatic heterocycles. The zero-order valence-corrected chi connectivity index (χ0v) is 18.5. The smallest absolute Gasteiger partial charge is 0.303 e. The van der Waals surface area contributed by atoms with Crippen molar-refractivity contribution >= 4 is 40.7 Å². The Kier molecular flexibility index (Phi) is 7.01. The number of hydrogen-bond acceptors (Lipinski definition) is 11. The number of fused-ring (bicyclic) bond motifs is 1. The van der Waals surface area contributed by atoms with Gasteiger partial charge in [-0.05, 0) is 18.7 Å². The molecule has 2 aromatic heterocycles. The fourth-order valence-corrected chi connectivity index (χ4v) is 3.54. The Morgan fingerprint density at radius 3 is 2.39 bits per heavy atom. The monoisotopic (exact) mass is 453 g/mol. The molecule has 168 valence electrons. The molecule has 3 rings (SSSR count). The normalized spacial score (nSPS) is 22.9. The molecule has 0 aromatic carbocycles. The second-order valence-electron chi connectivity index (χ2n) is 6.82. The van der Waals surface area contributed by atoms with Gasteiger partial charge in [0.25, 0.3) is 0 Å². The van der Waals surface area contributed by atoms with Crippen molar-refractivity contribution in [3.05, 3.63) is 11.8 Å². The van der Waals surface area contributed by atoms with Gasteiger partial charge in [0.15, 0.2) is 11.3 Å². The van der Waals surface area contributed by atoms with Gasteiger partial charge in [0.05, 0.1) is 5.39 Å². The Bertz CT molecular complexity index is 994. The van der Waals surface area contributed by atoms with Crippen LogP contribution in [0, 0.1) is 6.92 Å². The van der Waals surface area contributed by atoms with Gasteiger partial charge >= 0.3 is 17.9 Å². The number of aryl methyl sites for hydroxylation is 1. The lowest BCUT2D eigenvalue weighted by Gasteiger charge is -2.23. The first-order valence-corrected chi connectivity index (χ1v) is 10.6. The molecule has 1 saturated heterocycles. The second-order valence-corrected chi connectivity index (χ2v) is 7.60. The number of carbonyl (C=O) groups is 3. The average Bonchev–Trinajstić information content (AvgIpc) is 3.20. The van der Waals surface area contributed by atoms with Crippen molar-refractivity contribution in [2.24, 2.45) is 0 Å². The highest BCUT2D eigenvalue weighted by Crippen LogP contribution is 2.33. The number of rotatable bonds is 7. The van der Waals surface area contributed by atoms with Crippen molar-refractivity contribution in [1.82, 2.24) is 15.0 Å². The van der Waals surface area contributed by atoms with Crippen molar-refractivity contribution in [3.8, 4) is 5.88 Å². The van der Waals surface area contributed by atoms with Crippen molar-refractivity contribution in [3.63, 3.8) is 0 Å². The van der Waals surface area contributed by atoms with Crippen LogP contribution in [0.2, 0.25) is 0 Å². The number of hydrogen-bond donors (Lipinski definition) is 1. The molecule has 3 heterocycles. The first-order chi connectivity index (χ1) is 14.7. The van der Waals surface area contributed by atoms with Gasteiger partial charge in [-0.3, -0.25) is 14.4 Å². The molecular formula is C19H23N3O8S. The van der Waals surface area contributed by atoms with Crippen LogP contribution in [0.3, 0.4) is 0 Å².